The van der Waals surface area contributed by atoms with E-state index in [9.17, 15) is 18.0 Å². The van der Waals surface area contributed by atoms with Crippen molar-refractivity contribution in [3.05, 3.63) is 69.3 Å². The van der Waals surface area contributed by atoms with Gasteiger partial charge in [0.05, 0.1) is 22.8 Å². The number of nitrogens with zero attached hydrogens (tertiary/aromatic N) is 5. The van der Waals surface area contributed by atoms with Gasteiger partial charge in [-0.2, -0.15) is 5.10 Å². The number of amides is 1. The van der Waals surface area contributed by atoms with Crippen molar-refractivity contribution in [3.63, 3.8) is 0 Å². The topological polar surface area (TPSA) is 108 Å². The molecule has 4 aromatic rings. The third-order valence-electron chi connectivity index (χ3n) is 6.99. The maximum Gasteiger partial charge on any atom is 0.410 e. The molecule has 0 aliphatic carbocycles. The van der Waals surface area contributed by atoms with Crippen molar-refractivity contribution in [1.82, 2.24) is 23.2 Å². The molecular weight excluding hydrogens is 598 g/mol. The van der Waals surface area contributed by atoms with Crippen LogP contribution in [0.25, 0.3) is 22.2 Å². The van der Waals surface area contributed by atoms with Crippen LogP contribution in [0.5, 0.6) is 0 Å². The summed E-state index contributed by atoms with van der Waals surface area (Å²) in [6.45, 7) is 8.46. The van der Waals surface area contributed by atoms with Crippen molar-refractivity contribution in [2.45, 2.75) is 57.1 Å². The number of likely N-dealkylation sites (tertiary alicyclic amines) is 1. The summed E-state index contributed by atoms with van der Waals surface area (Å²) in [6.07, 6.45) is 6.08. The van der Waals surface area contributed by atoms with E-state index < -0.39 is 21.2 Å². The Kier molecular flexibility index (Phi) is 7.20. The number of fused-ring (bicyclic) bond motifs is 1. The molecule has 3 aromatic heterocycles. The molecule has 5 rings (SSSR count). The quantitative estimate of drug-likeness (QED) is 0.311. The van der Waals surface area contributed by atoms with Gasteiger partial charge >= 0.3 is 6.09 Å². The highest BCUT2D eigenvalue weighted by atomic mass is 79.9. The largest absolute Gasteiger partial charge is 0.444 e. The van der Waals surface area contributed by atoms with Gasteiger partial charge in [-0.15, -0.1) is 0 Å². The van der Waals surface area contributed by atoms with E-state index in [0.717, 1.165) is 9.54 Å². The van der Waals surface area contributed by atoms with Crippen LogP contribution in [-0.4, -0.2) is 56.4 Å². The number of halogens is 1. The van der Waals surface area contributed by atoms with E-state index in [0.29, 0.717) is 47.0 Å². The number of hydrogen-bond donors (Lipinski definition) is 0. The Labute approximate surface area is 241 Å². The molecule has 0 unspecified atom stereocenters. The zero-order valence-electron chi connectivity index (χ0n) is 23.1. The second-order valence-corrected chi connectivity index (χ2v) is 13.8. The van der Waals surface area contributed by atoms with Crippen LogP contribution in [0.15, 0.2) is 63.1 Å². The van der Waals surface area contributed by atoms with Crippen LogP contribution in [0.1, 0.15) is 45.2 Å². The Morgan fingerprint density at radius 1 is 1.10 bits per heavy atom. The molecule has 0 atom stereocenters. The third kappa shape index (κ3) is 5.22. The first-order chi connectivity index (χ1) is 18.8. The van der Waals surface area contributed by atoms with E-state index in [2.05, 4.69) is 21.0 Å². The number of hydrogen-bond acceptors (Lipinski definition) is 6. The maximum absolute atomic E-state index is 14.0. The highest BCUT2D eigenvalue weighted by molar-refractivity contribution is 9.10. The molecular formula is C28H32BrN5O5S. The number of carbonyl (C=O) groups is 1. The Morgan fingerprint density at radius 2 is 1.75 bits per heavy atom. The summed E-state index contributed by atoms with van der Waals surface area (Å²) in [5, 5.41) is 5.06. The fourth-order valence-corrected chi connectivity index (χ4v) is 7.05. The van der Waals surface area contributed by atoms with E-state index in [-0.39, 0.29) is 22.5 Å². The summed E-state index contributed by atoms with van der Waals surface area (Å²) in [7, 11) is -2.55. The summed E-state index contributed by atoms with van der Waals surface area (Å²) in [5.41, 5.74) is 0.910. The number of aryl methyl sites for hydroxylation is 2. The normalized spacial score (nSPS) is 15.1. The molecule has 212 valence electrons. The van der Waals surface area contributed by atoms with Gasteiger partial charge in [0.2, 0.25) is 0 Å². The van der Waals surface area contributed by atoms with Crippen molar-refractivity contribution in [1.29, 1.82) is 0 Å². The fraction of sp³-hybridized carbons (Fsp3) is 0.393. The maximum atomic E-state index is 14.0. The van der Waals surface area contributed by atoms with E-state index in [4.69, 9.17) is 4.74 Å². The second kappa shape index (κ2) is 10.2. The summed E-state index contributed by atoms with van der Waals surface area (Å²) < 4.78 is 38.4. The van der Waals surface area contributed by atoms with Crippen molar-refractivity contribution in [2.24, 2.45) is 7.05 Å². The lowest BCUT2D eigenvalue weighted by Crippen LogP contribution is -2.42. The van der Waals surface area contributed by atoms with Crippen LogP contribution in [0, 0.1) is 6.92 Å². The molecule has 1 saturated heterocycles. The molecule has 0 spiro atoms. The first-order valence-electron chi connectivity index (χ1n) is 13.0. The minimum Gasteiger partial charge on any atom is -0.444 e. The third-order valence-corrected chi connectivity index (χ3v) is 9.35. The Balaban J connectivity index is 1.53. The van der Waals surface area contributed by atoms with Gasteiger partial charge in [-0.1, -0.05) is 17.7 Å². The van der Waals surface area contributed by atoms with E-state index in [1.165, 1.54) is 4.57 Å². The molecule has 12 heteroatoms. The summed E-state index contributed by atoms with van der Waals surface area (Å²) in [5.74, 6) is 0. The molecule has 0 radical (unpaired) electrons. The van der Waals surface area contributed by atoms with Crippen LogP contribution >= 0.6 is 15.9 Å². The van der Waals surface area contributed by atoms with Gasteiger partial charge in [0.25, 0.3) is 15.6 Å². The number of aromatic nitrogens is 4. The predicted molar refractivity (Wildman–Crippen MR) is 156 cm³/mol. The molecule has 1 amide bonds. The second-order valence-electron chi connectivity index (χ2n) is 11.2. The molecule has 1 aromatic carbocycles. The number of ether oxygens (including phenoxy) is 1. The van der Waals surface area contributed by atoms with Crippen LogP contribution in [0.4, 0.5) is 4.79 Å². The van der Waals surface area contributed by atoms with E-state index in [1.54, 1.807) is 54.7 Å². The summed E-state index contributed by atoms with van der Waals surface area (Å²) >= 11 is 3.51. The van der Waals surface area contributed by atoms with Gasteiger partial charge in [-0.25, -0.2) is 17.2 Å². The fourth-order valence-electron chi connectivity index (χ4n) is 4.92. The number of carbonyl (C=O) groups excluding carboxylic acids is 1. The van der Waals surface area contributed by atoms with Crippen molar-refractivity contribution in [3.8, 4) is 11.3 Å². The molecule has 0 N–H and O–H groups in total. The molecule has 10 nitrogen and oxygen atoms in total. The average molecular weight is 631 g/mol. The zero-order chi connectivity index (χ0) is 29.0. The number of piperidine rings is 1. The Hall–Kier alpha value is -3.38. The van der Waals surface area contributed by atoms with Gasteiger partial charge in [-0.05, 0) is 74.7 Å². The average Bonchev–Trinajstić information content (AvgIpc) is 3.53. The summed E-state index contributed by atoms with van der Waals surface area (Å²) in [4.78, 5) is 27.5. The van der Waals surface area contributed by atoms with Crippen molar-refractivity contribution in [2.75, 3.05) is 13.1 Å². The zero-order valence-corrected chi connectivity index (χ0v) is 25.5. The van der Waals surface area contributed by atoms with Crippen LogP contribution in [0.3, 0.4) is 0 Å². The highest BCUT2D eigenvalue weighted by Crippen LogP contribution is 2.35. The van der Waals surface area contributed by atoms with Crippen LogP contribution in [0.2, 0.25) is 0 Å². The van der Waals surface area contributed by atoms with Gasteiger partial charge in [-0.3, -0.25) is 9.48 Å². The minimum absolute atomic E-state index is 0.0265. The van der Waals surface area contributed by atoms with Gasteiger partial charge in [0.1, 0.15) is 11.1 Å². The molecule has 1 aliphatic heterocycles. The predicted octanol–water partition coefficient (Wildman–Crippen LogP) is 5.08. The van der Waals surface area contributed by atoms with E-state index >= 15 is 0 Å². The molecule has 1 fully saturated rings. The Bertz CT molecular complexity index is 1760. The van der Waals surface area contributed by atoms with Crippen molar-refractivity contribution < 1.29 is 17.9 Å². The lowest BCUT2D eigenvalue weighted by molar-refractivity contribution is 0.0184. The van der Waals surface area contributed by atoms with Crippen LogP contribution < -0.4 is 5.56 Å². The molecule has 1 aliphatic rings. The van der Waals surface area contributed by atoms with E-state index in [1.807, 2.05) is 38.6 Å². The smallest absolute Gasteiger partial charge is 0.410 e. The molecule has 0 bridgehead atoms. The molecule has 4 heterocycles. The lowest BCUT2D eigenvalue weighted by atomic mass is 10.1. The standard InChI is InChI=1S/C28H32BrN5O5S/c1-18-6-8-21(9-7-18)40(37,38)34-24(14-22-23(29)17-31(5)26(35)25(22)34)19-15-30-33(16-19)20-10-12-32(13-11-20)27(36)39-28(2,3)4/h6-9,14-17,20H,10-13H2,1-5H3. The monoisotopic (exact) mass is 629 g/mol. The SMILES string of the molecule is Cc1ccc(S(=O)(=O)n2c(-c3cnn(C4CCN(C(=O)OC(C)(C)C)CC4)c3)cc3c(Br)cn(C)c(=O)c32)cc1. The van der Waals surface area contributed by atoms with Crippen molar-refractivity contribution >= 4 is 42.9 Å². The minimum atomic E-state index is -4.13. The first-order valence-corrected chi connectivity index (χ1v) is 15.2. The van der Waals surface area contributed by atoms with Gasteiger partial charge in [0, 0.05) is 48.0 Å². The Morgan fingerprint density at radius 3 is 2.38 bits per heavy atom. The number of pyridine rings is 1. The molecule has 40 heavy (non-hydrogen) atoms. The molecule has 0 saturated carbocycles. The first kappa shape index (κ1) is 28.2. The highest BCUT2D eigenvalue weighted by Gasteiger charge is 2.30. The lowest BCUT2D eigenvalue weighted by Gasteiger charge is -2.33. The number of rotatable bonds is 4. The summed E-state index contributed by atoms with van der Waals surface area (Å²) in [6, 6.07) is 8.29. The van der Waals surface area contributed by atoms with Gasteiger partial charge < -0.3 is 14.2 Å². The number of benzene rings is 1. The van der Waals surface area contributed by atoms with Gasteiger partial charge in [0.15, 0.2) is 0 Å². The van der Waals surface area contributed by atoms with Crippen LogP contribution in [-0.2, 0) is 21.8 Å².